The van der Waals surface area contributed by atoms with Gasteiger partial charge in [-0.3, -0.25) is 14.5 Å². The van der Waals surface area contributed by atoms with Crippen LogP contribution in [0.3, 0.4) is 0 Å². The molecule has 5 nitrogen and oxygen atoms in total. The Morgan fingerprint density at radius 3 is 2.44 bits per heavy atom. The zero-order chi connectivity index (χ0) is 24.2. The molecule has 1 N–H and O–H groups in total. The lowest BCUT2D eigenvalue weighted by Gasteiger charge is -2.14. The van der Waals surface area contributed by atoms with E-state index >= 15 is 0 Å². The molecule has 3 aromatic rings. The molecule has 3 aromatic carbocycles. The molecule has 0 atom stereocenters. The number of nitrogens with zero attached hydrogens (tertiary/aromatic N) is 1. The molecule has 34 heavy (non-hydrogen) atoms. The summed E-state index contributed by atoms with van der Waals surface area (Å²) in [5.74, 6) is -0.511. The number of nitrogens with one attached hydrogen (secondary N) is 1. The lowest BCUT2D eigenvalue weighted by atomic mass is 10.1. The largest absolute Gasteiger partial charge is 0.483 e. The first-order valence-corrected chi connectivity index (χ1v) is 11.7. The number of rotatable bonds is 6. The zero-order valence-corrected chi connectivity index (χ0v) is 20.1. The van der Waals surface area contributed by atoms with Crippen molar-refractivity contribution in [1.82, 2.24) is 0 Å². The van der Waals surface area contributed by atoms with Crippen LogP contribution in [0.15, 0.2) is 71.6 Å². The molecule has 8 heteroatoms. The number of amides is 2. The Balaban J connectivity index is 1.49. The number of anilines is 2. The number of carbonyl (C=O) groups excluding carboxylic acids is 2. The van der Waals surface area contributed by atoms with E-state index in [-0.39, 0.29) is 18.4 Å². The average molecular weight is 493 g/mol. The van der Waals surface area contributed by atoms with Crippen LogP contribution in [0.2, 0.25) is 0 Å². The molecule has 2 amide bonds. The predicted octanol–water partition coefficient (Wildman–Crippen LogP) is 5.87. The van der Waals surface area contributed by atoms with Gasteiger partial charge < -0.3 is 10.1 Å². The summed E-state index contributed by atoms with van der Waals surface area (Å²) in [4.78, 5) is 27.3. The van der Waals surface area contributed by atoms with E-state index in [9.17, 15) is 14.0 Å². The molecule has 0 radical (unpaired) electrons. The molecule has 0 saturated carbocycles. The highest BCUT2D eigenvalue weighted by atomic mass is 32.2. The summed E-state index contributed by atoms with van der Waals surface area (Å²) in [5, 5.41) is 2.89. The van der Waals surface area contributed by atoms with Crippen molar-refractivity contribution < 1.29 is 18.7 Å². The molecule has 1 heterocycles. The molecule has 4 rings (SSSR count). The van der Waals surface area contributed by atoms with E-state index in [0.717, 1.165) is 28.6 Å². The highest BCUT2D eigenvalue weighted by molar-refractivity contribution is 8.27. The third-order valence-electron chi connectivity index (χ3n) is 5.19. The van der Waals surface area contributed by atoms with E-state index in [2.05, 4.69) is 5.32 Å². The standard InChI is InChI=1S/C26H21FN2O3S2/c1-16-6-5-7-17(2)24(16)28-23(30)15-32-21-9-4-3-8-18(21)14-22-25(31)29(26(33)34-22)20-12-10-19(27)11-13-20/h3-14H,15H2,1-2H3,(H,28,30)/b22-14-. The number of thioether (sulfide) groups is 1. The van der Waals surface area contributed by atoms with Crippen molar-refractivity contribution in [2.75, 3.05) is 16.8 Å². The molecule has 1 saturated heterocycles. The third-order valence-corrected chi connectivity index (χ3v) is 6.49. The van der Waals surface area contributed by atoms with Gasteiger partial charge in [0.1, 0.15) is 11.6 Å². The second-order valence-corrected chi connectivity index (χ2v) is 9.31. The summed E-state index contributed by atoms with van der Waals surface area (Å²) in [6, 6.07) is 18.5. The number of halogens is 1. The molecule has 0 spiro atoms. The maximum atomic E-state index is 13.3. The smallest absolute Gasteiger partial charge is 0.270 e. The molecule has 0 bridgehead atoms. The number of aryl methyl sites for hydroxylation is 2. The highest BCUT2D eigenvalue weighted by Crippen LogP contribution is 2.37. The van der Waals surface area contributed by atoms with Crippen LogP contribution in [0, 0.1) is 19.7 Å². The Morgan fingerprint density at radius 2 is 1.74 bits per heavy atom. The van der Waals surface area contributed by atoms with Crippen LogP contribution in [-0.2, 0) is 9.59 Å². The minimum atomic E-state index is -0.391. The predicted molar refractivity (Wildman–Crippen MR) is 139 cm³/mol. The van der Waals surface area contributed by atoms with Crippen LogP contribution in [0.25, 0.3) is 6.08 Å². The van der Waals surface area contributed by atoms with Gasteiger partial charge in [0.2, 0.25) is 0 Å². The van der Waals surface area contributed by atoms with E-state index in [1.165, 1.54) is 29.2 Å². The molecular weight excluding hydrogens is 471 g/mol. The summed E-state index contributed by atoms with van der Waals surface area (Å²) in [6.07, 6.45) is 1.68. The fourth-order valence-corrected chi connectivity index (χ4v) is 4.77. The van der Waals surface area contributed by atoms with Crippen LogP contribution in [-0.4, -0.2) is 22.7 Å². The molecule has 0 unspecified atom stereocenters. The number of ether oxygens (including phenoxy) is 1. The number of carbonyl (C=O) groups is 2. The van der Waals surface area contributed by atoms with Crippen molar-refractivity contribution in [3.63, 3.8) is 0 Å². The van der Waals surface area contributed by atoms with Crippen molar-refractivity contribution >= 4 is 57.6 Å². The van der Waals surface area contributed by atoms with Crippen LogP contribution in [0.5, 0.6) is 5.75 Å². The minimum Gasteiger partial charge on any atom is -0.483 e. The second kappa shape index (κ2) is 10.2. The summed E-state index contributed by atoms with van der Waals surface area (Å²) in [7, 11) is 0. The molecular formula is C26H21FN2O3S2. The van der Waals surface area contributed by atoms with Gasteiger partial charge in [0, 0.05) is 11.3 Å². The van der Waals surface area contributed by atoms with Crippen LogP contribution < -0.4 is 15.0 Å². The Bertz CT molecular complexity index is 1290. The second-order valence-electron chi connectivity index (χ2n) is 7.64. The summed E-state index contributed by atoms with van der Waals surface area (Å²) in [6.45, 7) is 3.68. The molecule has 172 valence electrons. The monoisotopic (exact) mass is 492 g/mol. The molecule has 1 aliphatic rings. The van der Waals surface area contributed by atoms with Crippen molar-refractivity contribution in [3.8, 4) is 5.75 Å². The van der Waals surface area contributed by atoms with E-state index in [1.54, 1.807) is 24.3 Å². The zero-order valence-electron chi connectivity index (χ0n) is 18.5. The van der Waals surface area contributed by atoms with Gasteiger partial charge in [-0.25, -0.2) is 4.39 Å². The summed E-state index contributed by atoms with van der Waals surface area (Å²) in [5.41, 5.74) is 3.85. The number of benzene rings is 3. The Labute approximate surface area is 206 Å². The van der Waals surface area contributed by atoms with Gasteiger partial charge in [-0.1, -0.05) is 60.4 Å². The number of para-hydroxylation sites is 2. The van der Waals surface area contributed by atoms with Gasteiger partial charge >= 0.3 is 0 Å². The van der Waals surface area contributed by atoms with Gasteiger partial charge in [0.15, 0.2) is 10.9 Å². The van der Waals surface area contributed by atoms with Crippen molar-refractivity contribution in [2.45, 2.75) is 13.8 Å². The Morgan fingerprint density at radius 1 is 1.06 bits per heavy atom. The highest BCUT2D eigenvalue weighted by Gasteiger charge is 2.33. The van der Waals surface area contributed by atoms with Gasteiger partial charge in [-0.2, -0.15) is 0 Å². The maximum Gasteiger partial charge on any atom is 0.270 e. The molecule has 0 aromatic heterocycles. The molecule has 1 aliphatic heterocycles. The summed E-state index contributed by atoms with van der Waals surface area (Å²) < 4.78 is 19.4. The van der Waals surface area contributed by atoms with E-state index < -0.39 is 5.82 Å². The SMILES string of the molecule is Cc1cccc(C)c1NC(=O)COc1ccccc1/C=C1\SC(=S)N(c2ccc(F)cc2)C1=O. The first kappa shape index (κ1) is 23.7. The lowest BCUT2D eigenvalue weighted by molar-refractivity contribution is -0.118. The topological polar surface area (TPSA) is 58.6 Å². The van der Waals surface area contributed by atoms with Crippen LogP contribution in [0.1, 0.15) is 16.7 Å². The van der Waals surface area contributed by atoms with E-state index in [1.807, 2.05) is 38.1 Å². The average Bonchev–Trinajstić information content (AvgIpc) is 3.09. The van der Waals surface area contributed by atoms with Gasteiger partial charge in [-0.05, 0) is 61.4 Å². The lowest BCUT2D eigenvalue weighted by Crippen LogP contribution is -2.27. The van der Waals surface area contributed by atoms with Gasteiger partial charge in [0.25, 0.3) is 11.8 Å². The number of hydrogen-bond donors (Lipinski definition) is 1. The Kier molecular flexibility index (Phi) is 7.09. The van der Waals surface area contributed by atoms with Gasteiger partial charge in [0.05, 0.1) is 10.6 Å². The molecule has 1 fully saturated rings. The van der Waals surface area contributed by atoms with Crippen molar-refractivity contribution in [3.05, 3.63) is 94.1 Å². The minimum absolute atomic E-state index is 0.185. The first-order valence-electron chi connectivity index (χ1n) is 10.4. The van der Waals surface area contributed by atoms with Gasteiger partial charge in [-0.15, -0.1) is 0 Å². The normalized spacial score (nSPS) is 14.6. The third kappa shape index (κ3) is 5.18. The summed E-state index contributed by atoms with van der Waals surface area (Å²) >= 11 is 6.53. The number of thiocarbonyl (C=S) groups is 1. The molecule has 0 aliphatic carbocycles. The quantitative estimate of drug-likeness (QED) is 0.345. The van der Waals surface area contributed by atoms with Crippen LogP contribution >= 0.6 is 24.0 Å². The Hall–Kier alpha value is -3.49. The first-order chi connectivity index (χ1) is 16.3. The number of hydrogen-bond acceptors (Lipinski definition) is 5. The fourth-order valence-electron chi connectivity index (χ4n) is 3.48. The van der Waals surface area contributed by atoms with E-state index in [4.69, 9.17) is 17.0 Å². The maximum absolute atomic E-state index is 13.3. The van der Waals surface area contributed by atoms with Crippen molar-refractivity contribution in [2.24, 2.45) is 0 Å². The van der Waals surface area contributed by atoms with Crippen LogP contribution in [0.4, 0.5) is 15.8 Å². The fraction of sp³-hybridized carbons (Fsp3) is 0.115. The van der Waals surface area contributed by atoms with Crippen molar-refractivity contribution in [1.29, 1.82) is 0 Å². The van der Waals surface area contributed by atoms with E-state index in [0.29, 0.717) is 26.2 Å².